The van der Waals surface area contributed by atoms with Gasteiger partial charge < -0.3 is 14.7 Å². The van der Waals surface area contributed by atoms with E-state index in [1.165, 1.54) is 12.1 Å². The van der Waals surface area contributed by atoms with E-state index in [-0.39, 0.29) is 11.6 Å². The number of halogens is 1. The second-order valence-electron chi connectivity index (χ2n) is 4.79. The first-order valence-electron chi connectivity index (χ1n) is 6.96. The normalized spacial score (nSPS) is 12.6. The van der Waals surface area contributed by atoms with Crippen LogP contribution < -0.4 is 4.90 Å². The average Bonchev–Trinajstić information content (AvgIpc) is 2.46. The Balaban J connectivity index is 3.23. The smallest absolute Gasteiger partial charge is 0.328 e. The molecule has 21 heavy (non-hydrogen) atoms. The fourth-order valence-electron chi connectivity index (χ4n) is 2.08. The predicted molar refractivity (Wildman–Crippen MR) is 82.0 cm³/mol. The third kappa shape index (κ3) is 4.86. The first kappa shape index (κ1) is 17.2. The number of rotatable bonds is 8. The molecule has 0 fully saturated rings. The summed E-state index contributed by atoms with van der Waals surface area (Å²) in [7, 11) is 1.62. The number of hydrogen-bond donors (Lipinski definition) is 1. The number of anilines is 1. The summed E-state index contributed by atoms with van der Waals surface area (Å²) in [5.41, 5.74) is 0.968. The third-order valence-electron chi connectivity index (χ3n) is 3.39. The van der Waals surface area contributed by atoms with Crippen LogP contribution in [0.15, 0.2) is 24.3 Å². The van der Waals surface area contributed by atoms with Gasteiger partial charge in [0, 0.05) is 37.0 Å². The van der Waals surface area contributed by atoms with Gasteiger partial charge in [0.1, 0.15) is 5.82 Å². The maximum Gasteiger partial charge on any atom is 0.328 e. The molecule has 0 aliphatic heterocycles. The molecule has 0 heterocycles. The van der Waals surface area contributed by atoms with Crippen LogP contribution in [0.1, 0.15) is 25.8 Å². The lowest BCUT2D eigenvalue weighted by Gasteiger charge is -2.32. The first-order valence-corrected chi connectivity index (χ1v) is 6.96. The largest absolute Gasteiger partial charge is 0.478 e. The number of aliphatic carboxylic acids is 1. The van der Waals surface area contributed by atoms with Gasteiger partial charge in [-0.15, -0.1) is 0 Å². The molecule has 1 unspecified atom stereocenters. The number of ether oxygens (including phenoxy) is 1. The fraction of sp³-hybridized carbons (Fsp3) is 0.438. The number of carboxylic acid groups (broad SMARTS) is 1. The van der Waals surface area contributed by atoms with Gasteiger partial charge in [-0.2, -0.15) is 0 Å². The molecule has 1 aromatic rings. The topological polar surface area (TPSA) is 49.8 Å². The highest BCUT2D eigenvalue weighted by atomic mass is 19.1. The Kier molecular flexibility index (Phi) is 6.88. The Morgan fingerprint density at radius 1 is 1.52 bits per heavy atom. The zero-order valence-electron chi connectivity index (χ0n) is 12.7. The summed E-state index contributed by atoms with van der Waals surface area (Å²) in [6, 6.07) is 4.95. The van der Waals surface area contributed by atoms with Gasteiger partial charge in [-0.1, -0.05) is 13.0 Å². The van der Waals surface area contributed by atoms with E-state index in [1.54, 1.807) is 19.2 Å². The Morgan fingerprint density at radius 2 is 2.24 bits per heavy atom. The third-order valence-corrected chi connectivity index (χ3v) is 3.39. The summed E-state index contributed by atoms with van der Waals surface area (Å²) in [6.07, 6.45) is 3.14. The van der Waals surface area contributed by atoms with Crippen molar-refractivity contribution in [2.45, 2.75) is 26.3 Å². The average molecular weight is 295 g/mol. The number of hydrogen-bond acceptors (Lipinski definition) is 3. The molecule has 1 aromatic carbocycles. The lowest BCUT2D eigenvalue weighted by Crippen LogP contribution is -2.36. The predicted octanol–water partition coefficient (Wildman–Crippen LogP) is 3.17. The number of benzene rings is 1. The minimum absolute atomic E-state index is 0.193. The molecule has 0 saturated carbocycles. The van der Waals surface area contributed by atoms with Crippen molar-refractivity contribution in [1.82, 2.24) is 0 Å². The molecule has 4 nitrogen and oxygen atoms in total. The molecule has 0 aliphatic carbocycles. The molecule has 1 N–H and O–H groups in total. The molecular formula is C16H22FNO3. The molecule has 116 valence electrons. The van der Waals surface area contributed by atoms with Gasteiger partial charge in [0.2, 0.25) is 0 Å². The molecule has 1 rings (SSSR count). The Morgan fingerprint density at radius 3 is 2.81 bits per heavy atom. The molecular weight excluding hydrogens is 273 g/mol. The summed E-state index contributed by atoms with van der Waals surface area (Å²) >= 11 is 0. The van der Waals surface area contributed by atoms with E-state index in [1.807, 2.05) is 11.8 Å². The molecule has 5 heteroatoms. The minimum atomic E-state index is -1.10. The van der Waals surface area contributed by atoms with Crippen LogP contribution in [0.25, 0.3) is 6.08 Å². The van der Waals surface area contributed by atoms with Gasteiger partial charge in [0.05, 0.1) is 6.61 Å². The monoisotopic (exact) mass is 295 g/mol. The van der Waals surface area contributed by atoms with Crippen LogP contribution in [-0.4, -0.2) is 37.4 Å². The molecule has 0 bridgehead atoms. The molecule has 1 atom stereocenters. The highest BCUT2D eigenvalue weighted by Crippen LogP contribution is 2.27. The molecule has 0 radical (unpaired) electrons. The second-order valence-corrected chi connectivity index (χ2v) is 4.79. The van der Waals surface area contributed by atoms with Gasteiger partial charge in [0.15, 0.2) is 0 Å². The van der Waals surface area contributed by atoms with Crippen LogP contribution in [0, 0.1) is 5.82 Å². The van der Waals surface area contributed by atoms with Crippen molar-refractivity contribution in [3.05, 3.63) is 35.7 Å². The zero-order chi connectivity index (χ0) is 15.8. The van der Waals surface area contributed by atoms with Gasteiger partial charge in [-0.05, 0) is 31.6 Å². The molecule has 0 amide bonds. The van der Waals surface area contributed by atoms with Crippen molar-refractivity contribution >= 4 is 17.7 Å². The summed E-state index contributed by atoms with van der Waals surface area (Å²) < 4.78 is 19.2. The van der Waals surface area contributed by atoms with E-state index in [9.17, 15) is 9.18 Å². The highest BCUT2D eigenvalue weighted by molar-refractivity contribution is 5.87. The van der Waals surface area contributed by atoms with Gasteiger partial charge >= 0.3 is 5.97 Å². The quantitative estimate of drug-likeness (QED) is 0.748. The van der Waals surface area contributed by atoms with Crippen molar-refractivity contribution in [2.75, 3.05) is 25.2 Å². The van der Waals surface area contributed by atoms with E-state index >= 15 is 0 Å². The highest BCUT2D eigenvalue weighted by Gasteiger charge is 2.17. The zero-order valence-corrected chi connectivity index (χ0v) is 12.7. The first-order chi connectivity index (χ1) is 10.0. The van der Waals surface area contributed by atoms with Crippen molar-refractivity contribution < 1.29 is 19.0 Å². The van der Waals surface area contributed by atoms with Gasteiger partial charge in [-0.25, -0.2) is 9.18 Å². The lowest BCUT2D eigenvalue weighted by atomic mass is 10.1. The summed E-state index contributed by atoms with van der Waals surface area (Å²) in [4.78, 5) is 12.7. The minimum Gasteiger partial charge on any atom is -0.478 e. The number of carbonyl (C=O) groups is 1. The summed E-state index contributed by atoms with van der Waals surface area (Å²) in [5, 5.41) is 8.75. The molecule has 0 aromatic heterocycles. The van der Waals surface area contributed by atoms with Crippen LogP contribution in [0.5, 0.6) is 0 Å². The SMILES string of the molecule is CCC(C)N(CCOC)c1cccc(F)c1/C=C/C(=O)O. The fourth-order valence-corrected chi connectivity index (χ4v) is 2.08. The standard InChI is InChI=1S/C16H22FNO3/c1-4-12(2)18(10-11-21-3)15-7-5-6-14(17)13(15)8-9-16(19)20/h5-9,12H,4,10-11H2,1-3H3,(H,19,20)/b9-8+. The Labute approximate surface area is 124 Å². The van der Waals surface area contributed by atoms with Crippen LogP contribution >= 0.6 is 0 Å². The summed E-state index contributed by atoms with van der Waals surface area (Å²) in [6.45, 7) is 5.23. The van der Waals surface area contributed by atoms with Crippen LogP contribution in [0.3, 0.4) is 0 Å². The van der Waals surface area contributed by atoms with E-state index in [0.717, 1.165) is 12.5 Å². The second kappa shape index (κ2) is 8.42. The number of carboxylic acids is 1. The van der Waals surface area contributed by atoms with Crippen LogP contribution in [-0.2, 0) is 9.53 Å². The van der Waals surface area contributed by atoms with Crippen LogP contribution in [0.4, 0.5) is 10.1 Å². The summed E-state index contributed by atoms with van der Waals surface area (Å²) in [5.74, 6) is -1.54. The molecule has 0 saturated heterocycles. The van der Waals surface area contributed by atoms with E-state index in [2.05, 4.69) is 6.92 Å². The number of methoxy groups -OCH3 is 1. The van der Waals surface area contributed by atoms with E-state index in [0.29, 0.717) is 18.8 Å². The van der Waals surface area contributed by atoms with Crippen LogP contribution in [0.2, 0.25) is 0 Å². The van der Waals surface area contributed by atoms with Gasteiger partial charge in [-0.3, -0.25) is 0 Å². The Bertz CT molecular complexity index is 502. The molecule has 0 aliphatic rings. The molecule has 0 spiro atoms. The van der Waals surface area contributed by atoms with E-state index in [4.69, 9.17) is 9.84 Å². The van der Waals surface area contributed by atoms with Gasteiger partial charge in [0.25, 0.3) is 0 Å². The maximum absolute atomic E-state index is 14.0. The van der Waals surface area contributed by atoms with Crippen molar-refractivity contribution in [3.8, 4) is 0 Å². The Hall–Kier alpha value is -1.88. The maximum atomic E-state index is 14.0. The van der Waals surface area contributed by atoms with E-state index < -0.39 is 11.8 Å². The number of nitrogens with zero attached hydrogens (tertiary/aromatic N) is 1. The lowest BCUT2D eigenvalue weighted by molar-refractivity contribution is -0.131. The van der Waals surface area contributed by atoms with Crippen molar-refractivity contribution in [3.63, 3.8) is 0 Å². The van der Waals surface area contributed by atoms with Crippen molar-refractivity contribution in [1.29, 1.82) is 0 Å². The van der Waals surface area contributed by atoms with Crippen molar-refractivity contribution in [2.24, 2.45) is 0 Å².